The van der Waals surface area contributed by atoms with Crippen molar-refractivity contribution in [3.05, 3.63) is 54.1 Å². The summed E-state index contributed by atoms with van der Waals surface area (Å²) in [7, 11) is 0. The molecule has 2 aromatic carbocycles. The Balaban J connectivity index is 1.75. The third-order valence-corrected chi connectivity index (χ3v) is 3.49. The van der Waals surface area contributed by atoms with Crippen molar-refractivity contribution < 1.29 is 19.1 Å². The molecule has 3 rings (SSSR count). The average molecular weight is 338 g/mol. The lowest BCUT2D eigenvalue weighted by atomic mass is 10.1. The number of rotatable bonds is 6. The third-order valence-electron chi connectivity index (χ3n) is 3.49. The molecule has 0 saturated heterocycles. The Morgan fingerprint density at radius 2 is 1.52 bits per heavy atom. The lowest BCUT2D eigenvalue weighted by Gasteiger charge is -2.08. The van der Waals surface area contributed by atoms with E-state index in [2.05, 4.69) is 24.0 Å². The summed E-state index contributed by atoms with van der Waals surface area (Å²) in [6.45, 7) is 4.85. The van der Waals surface area contributed by atoms with Gasteiger partial charge in [-0.2, -0.15) is 0 Å². The summed E-state index contributed by atoms with van der Waals surface area (Å²) in [5.41, 5.74) is 1.67. The highest BCUT2D eigenvalue weighted by atomic mass is 16.5. The average Bonchev–Trinajstić information content (AvgIpc) is 3.10. The molecule has 0 aliphatic carbocycles. The molecular weight excluding hydrogens is 320 g/mol. The lowest BCUT2D eigenvalue weighted by Crippen LogP contribution is -2.04. The minimum absolute atomic E-state index is 0.209. The van der Waals surface area contributed by atoms with Crippen LogP contribution in [0.1, 0.15) is 24.2 Å². The molecule has 0 aliphatic heterocycles. The fourth-order valence-electron chi connectivity index (χ4n) is 2.17. The van der Waals surface area contributed by atoms with E-state index in [1.165, 1.54) is 12.1 Å². The standard InChI is InChI=1S/C19H18N2O4/c1-12(2)11-24-16-9-7-14(8-10-16)18-21-20-17(25-18)13-3-5-15(6-4-13)19(22)23/h3-10,12H,11H2,1-2H3,(H,22,23). The SMILES string of the molecule is CC(C)COc1ccc(-c2nnc(-c3ccc(C(=O)O)cc3)o2)cc1. The Morgan fingerprint density at radius 3 is 2.00 bits per heavy atom. The molecule has 0 atom stereocenters. The van der Waals surface area contributed by atoms with Crippen LogP contribution < -0.4 is 4.74 Å². The fourth-order valence-corrected chi connectivity index (χ4v) is 2.17. The van der Waals surface area contributed by atoms with E-state index in [-0.39, 0.29) is 5.56 Å². The van der Waals surface area contributed by atoms with Crippen LogP contribution in [0.5, 0.6) is 5.75 Å². The monoisotopic (exact) mass is 338 g/mol. The molecule has 6 nitrogen and oxygen atoms in total. The van der Waals surface area contributed by atoms with Crippen LogP contribution >= 0.6 is 0 Å². The number of hydrogen-bond acceptors (Lipinski definition) is 5. The van der Waals surface area contributed by atoms with Gasteiger partial charge in [0.15, 0.2) is 0 Å². The zero-order valence-corrected chi connectivity index (χ0v) is 14.0. The van der Waals surface area contributed by atoms with Gasteiger partial charge in [0.2, 0.25) is 11.8 Å². The molecule has 0 spiro atoms. The Labute approximate surface area is 145 Å². The van der Waals surface area contributed by atoms with E-state index in [1.54, 1.807) is 12.1 Å². The Hall–Kier alpha value is -3.15. The zero-order valence-electron chi connectivity index (χ0n) is 14.0. The van der Waals surface area contributed by atoms with Crippen LogP contribution in [-0.4, -0.2) is 27.9 Å². The van der Waals surface area contributed by atoms with Crippen molar-refractivity contribution in [2.75, 3.05) is 6.61 Å². The molecule has 0 amide bonds. The van der Waals surface area contributed by atoms with Crippen LogP contribution in [0.25, 0.3) is 22.9 Å². The topological polar surface area (TPSA) is 85.5 Å². The molecule has 0 saturated carbocycles. The lowest BCUT2D eigenvalue weighted by molar-refractivity contribution is 0.0697. The molecule has 1 heterocycles. The molecule has 128 valence electrons. The molecule has 0 bridgehead atoms. The number of benzene rings is 2. The number of ether oxygens (including phenoxy) is 1. The van der Waals surface area contributed by atoms with E-state index in [9.17, 15) is 4.79 Å². The molecule has 0 aliphatic rings. The van der Waals surface area contributed by atoms with Crippen molar-refractivity contribution in [1.29, 1.82) is 0 Å². The van der Waals surface area contributed by atoms with Gasteiger partial charge in [-0.3, -0.25) is 0 Å². The van der Waals surface area contributed by atoms with Gasteiger partial charge in [0.25, 0.3) is 0 Å². The summed E-state index contributed by atoms with van der Waals surface area (Å²) in [4.78, 5) is 10.9. The first-order valence-electron chi connectivity index (χ1n) is 7.93. The number of carbonyl (C=O) groups is 1. The maximum absolute atomic E-state index is 10.9. The van der Waals surface area contributed by atoms with Gasteiger partial charge in [-0.05, 0) is 54.4 Å². The van der Waals surface area contributed by atoms with Gasteiger partial charge in [-0.15, -0.1) is 10.2 Å². The van der Waals surface area contributed by atoms with E-state index in [0.29, 0.717) is 29.9 Å². The van der Waals surface area contributed by atoms with Crippen molar-refractivity contribution in [3.8, 4) is 28.7 Å². The molecule has 3 aromatic rings. The molecule has 6 heteroatoms. The second-order valence-electron chi connectivity index (χ2n) is 6.02. The summed E-state index contributed by atoms with van der Waals surface area (Å²) < 4.78 is 11.3. The Morgan fingerprint density at radius 1 is 1.00 bits per heavy atom. The predicted octanol–water partition coefficient (Wildman–Crippen LogP) is 4.14. The van der Waals surface area contributed by atoms with Crippen LogP contribution in [0, 0.1) is 5.92 Å². The van der Waals surface area contributed by atoms with E-state index in [4.69, 9.17) is 14.3 Å². The minimum atomic E-state index is -0.974. The maximum atomic E-state index is 10.9. The van der Waals surface area contributed by atoms with E-state index in [0.717, 1.165) is 11.3 Å². The first kappa shape index (κ1) is 16.7. The molecule has 0 radical (unpaired) electrons. The first-order chi connectivity index (χ1) is 12.0. The fraction of sp³-hybridized carbons (Fsp3) is 0.211. The highest BCUT2D eigenvalue weighted by molar-refractivity contribution is 5.88. The molecule has 1 N–H and O–H groups in total. The highest BCUT2D eigenvalue weighted by Crippen LogP contribution is 2.25. The minimum Gasteiger partial charge on any atom is -0.493 e. The van der Waals surface area contributed by atoms with Gasteiger partial charge >= 0.3 is 5.97 Å². The second kappa shape index (κ2) is 7.17. The van der Waals surface area contributed by atoms with E-state index in [1.807, 2.05) is 24.3 Å². The van der Waals surface area contributed by atoms with Crippen molar-refractivity contribution in [3.63, 3.8) is 0 Å². The van der Waals surface area contributed by atoms with Crippen molar-refractivity contribution in [2.24, 2.45) is 5.92 Å². The van der Waals surface area contributed by atoms with Gasteiger partial charge in [-0.25, -0.2) is 4.79 Å². The highest BCUT2D eigenvalue weighted by Gasteiger charge is 2.11. The maximum Gasteiger partial charge on any atom is 0.335 e. The van der Waals surface area contributed by atoms with Gasteiger partial charge in [0.1, 0.15) is 5.75 Å². The number of carboxylic acid groups (broad SMARTS) is 1. The summed E-state index contributed by atoms with van der Waals surface area (Å²) in [6, 6.07) is 13.7. The third kappa shape index (κ3) is 4.03. The largest absolute Gasteiger partial charge is 0.493 e. The summed E-state index contributed by atoms with van der Waals surface area (Å²) in [5.74, 6) is 1.02. The Kier molecular flexibility index (Phi) is 4.79. The smallest absolute Gasteiger partial charge is 0.335 e. The van der Waals surface area contributed by atoms with E-state index >= 15 is 0 Å². The number of carboxylic acids is 1. The normalized spacial score (nSPS) is 10.8. The quantitative estimate of drug-likeness (QED) is 0.727. The first-order valence-corrected chi connectivity index (χ1v) is 7.93. The molecule has 1 aromatic heterocycles. The van der Waals surface area contributed by atoms with Crippen molar-refractivity contribution in [2.45, 2.75) is 13.8 Å². The van der Waals surface area contributed by atoms with Crippen molar-refractivity contribution in [1.82, 2.24) is 10.2 Å². The van der Waals surface area contributed by atoms with Crippen LogP contribution in [0.3, 0.4) is 0 Å². The van der Waals surface area contributed by atoms with Crippen LogP contribution in [0.15, 0.2) is 52.9 Å². The molecule has 25 heavy (non-hydrogen) atoms. The predicted molar refractivity (Wildman–Crippen MR) is 92.5 cm³/mol. The van der Waals surface area contributed by atoms with Gasteiger partial charge in [0, 0.05) is 11.1 Å². The van der Waals surface area contributed by atoms with Gasteiger partial charge in [-0.1, -0.05) is 13.8 Å². The number of aromatic carboxylic acids is 1. The summed E-state index contributed by atoms with van der Waals surface area (Å²) in [5, 5.41) is 17.0. The number of nitrogens with zero attached hydrogens (tertiary/aromatic N) is 2. The Bertz CT molecular complexity index is 852. The number of hydrogen-bond donors (Lipinski definition) is 1. The second-order valence-corrected chi connectivity index (χ2v) is 6.02. The van der Waals surface area contributed by atoms with Crippen LogP contribution in [0.2, 0.25) is 0 Å². The number of aromatic nitrogens is 2. The van der Waals surface area contributed by atoms with Gasteiger partial charge in [0.05, 0.1) is 12.2 Å². The van der Waals surface area contributed by atoms with E-state index < -0.39 is 5.97 Å². The van der Waals surface area contributed by atoms with Crippen LogP contribution in [-0.2, 0) is 0 Å². The van der Waals surface area contributed by atoms with Gasteiger partial charge < -0.3 is 14.3 Å². The molecule has 0 unspecified atom stereocenters. The summed E-state index contributed by atoms with van der Waals surface area (Å²) in [6.07, 6.45) is 0. The van der Waals surface area contributed by atoms with Crippen LogP contribution in [0.4, 0.5) is 0 Å². The molecule has 0 fully saturated rings. The molecular formula is C19H18N2O4. The van der Waals surface area contributed by atoms with Crippen molar-refractivity contribution >= 4 is 5.97 Å². The zero-order chi connectivity index (χ0) is 17.8. The summed E-state index contributed by atoms with van der Waals surface area (Å²) >= 11 is 0.